The summed E-state index contributed by atoms with van der Waals surface area (Å²) in [4.78, 5) is 5.45. The summed E-state index contributed by atoms with van der Waals surface area (Å²) in [6.45, 7) is 3.99. The molecular weight excluding hydrogens is 268 g/mol. The van der Waals surface area contributed by atoms with Crippen molar-refractivity contribution in [1.29, 1.82) is 0 Å². The second kappa shape index (κ2) is 7.92. The number of ether oxygens (including phenoxy) is 1. The summed E-state index contributed by atoms with van der Waals surface area (Å²) in [5.74, 6) is 1.61. The van der Waals surface area contributed by atoms with Crippen molar-refractivity contribution < 1.29 is 4.74 Å². The largest absolute Gasteiger partial charge is 0.456 e. The second-order valence-corrected chi connectivity index (χ2v) is 5.36. The van der Waals surface area contributed by atoms with Gasteiger partial charge < -0.3 is 10.1 Å². The fourth-order valence-corrected chi connectivity index (χ4v) is 2.21. The van der Waals surface area contributed by atoms with Crippen molar-refractivity contribution >= 4 is 11.8 Å². The van der Waals surface area contributed by atoms with Gasteiger partial charge in [-0.25, -0.2) is 0 Å². The van der Waals surface area contributed by atoms with Crippen molar-refractivity contribution in [2.45, 2.75) is 24.8 Å². The Bertz CT molecular complexity index is 528. The lowest BCUT2D eigenvalue weighted by atomic mass is 10.2. The molecule has 2 rings (SSSR count). The normalized spacial score (nSPS) is 10.5. The van der Waals surface area contributed by atoms with Gasteiger partial charge in [-0.05, 0) is 55.1 Å². The van der Waals surface area contributed by atoms with Crippen LogP contribution in [-0.4, -0.2) is 17.8 Å². The number of hydrogen-bond donors (Lipinski definition) is 1. The summed E-state index contributed by atoms with van der Waals surface area (Å²) >= 11 is 1.72. The number of pyridine rings is 1. The van der Waals surface area contributed by atoms with Crippen molar-refractivity contribution in [1.82, 2.24) is 10.3 Å². The molecule has 0 aliphatic carbocycles. The predicted molar refractivity (Wildman–Crippen MR) is 84.5 cm³/mol. The first-order valence-electron chi connectivity index (χ1n) is 6.78. The van der Waals surface area contributed by atoms with Crippen LogP contribution >= 0.6 is 11.8 Å². The van der Waals surface area contributed by atoms with Crippen molar-refractivity contribution in [2.24, 2.45) is 0 Å². The number of benzene rings is 1. The van der Waals surface area contributed by atoms with Crippen LogP contribution in [0.15, 0.2) is 47.6 Å². The second-order valence-electron chi connectivity index (χ2n) is 4.48. The summed E-state index contributed by atoms with van der Waals surface area (Å²) in [7, 11) is 0. The molecule has 0 spiro atoms. The van der Waals surface area contributed by atoms with E-state index in [-0.39, 0.29) is 0 Å². The molecule has 106 valence electrons. The van der Waals surface area contributed by atoms with Crippen molar-refractivity contribution in [3.63, 3.8) is 0 Å². The molecule has 1 N–H and O–H groups in total. The Hall–Kier alpha value is -1.52. The fourth-order valence-electron chi connectivity index (χ4n) is 1.81. The third-order valence-corrected chi connectivity index (χ3v) is 3.56. The van der Waals surface area contributed by atoms with Gasteiger partial charge in [-0.15, -0.1) is 11.8 Å². The molecule has 1 aromatic carbocycles. The zero-order chi connectivity index (χ0) is 14.2. The van der Waals surface area contributed by atoms with Crippen LogP contribution in [0.5, 0.6) is 11.5 Å². The number of aromatic nitrogens is 1. The molecule has 0 fully saturated rings. The van der Waals surface area contributed by atoms with E-state index in [0.717, 1.165) is 36.6 Å². The first-order chi connectivity index (χ1) is 9.81. The maximum atomic E-state index is 5.83. The Kier molecular flexibility index (Phi) is 5.89. The molecule has 1 aromatic heterocycles. The first-order valence-corrected chi connectivity index (χ1v) is 8.01. The van der Waals surface area contributed by atoms with Gasteiger partial charge in [0.2, 0.25) is 0 Å². The van der Waals surface area contributed by atoms with E-state index in [1.165, 1.54) is 4.90 Å². The minimum atomic E-state index is 0.776. The van der Waals surface area contributed by atoms with Crippen molar-refractivity contribution in [3.8, 4) is 11.5 Å². The van der Waals surface area contributed by atoms with Gasteiger partial charge in [0.05, 0.1) is 6.20 Å². The molecule has 0 bridgehead atoms. The highest BCUT2D eigenvalue weighted by Crippen LogP contribution is 2.24. The van der Waals surface area contributed by atoms with Crippen LogP contribution in [0.1, 0.15) is 18.9 Å². The minimum absolute atomic E-state index is 0.776. The van der Waals surface area contributed by atoms with Crippen LogP contribution in [0.3, 0.4) is 0 Å². The third kappa shape index (κ3) is 4.54. The zero-order valence-electron chi connectivity index (χ0n) is 11.9. The molecule has 0 atom stereocenters. The maximum Gasteiger partial charge on any atom is 0.146 e. The highest BCUT2D eigenvalue weighted by atomic mass is 32.2. The van der Waals surface area contributed by atoms with E-state index in [2.05, 4.69) is 35.6 Å². The zero-order valence-corrected chi connectivity index (χ0v) is 12.7. The molecule has 20 heavy (non-hydrogen) atoms. The maximum absolute atomic E-state index is 5.83. The topological polar surface area (TPSA) is 34.2 Å². The van der Waals surface area contributed by atoms with Crippen LogP contribution in [-0.2, 0) is 6.54 Å². The first kappa shape index (κ1) is 14.9. The Balaban J connectivity index is 1.99. The molecule has 4 heteroatoms. The summed E-state index contributed by atoms with van der Waals surface area (Å²) in [6, 6.07) is 10.1. The van der Waals surface area contributed by atoms with E-state index in [9.17, 15) is 0 Å². The lowest BCUT2D eigenvalue weighted by Gasteiger charge is -2.08. The molecule has 3 nitrogen and oxygen atoms in total. The highest BCUT2D eigenvalue weighted by molar-refractivity contribution is 7.98. The number of hydrogen-bond acceptors (Lipinski definition) is 4. The van der Waals surface area contributed by atoms with Gasteiger partial charge in [-0.1, -0.05) is 6.92 Å². The number of thioether (sulfide) groups is 1. The highest BCUT2D eigenvalue weighted by Gasteiger charge is 2.00. The van der Waals surface area contributed by atoms with Crippen molar-refractivity contribution in [2.75, 3.05) is 12.8 Å². The Labute approximate surface area is 124 Å². The van der Waals surface area contributed by atoms with Crippen LogP contribution in [0.2, 0.25) is 0 Å². The molecule has 0 aliphatic heterocycles. The van der Waals surface area contributed by atoms with Crippen LogP contribution in [0.25, 0.3) is 0 Å². The molecule has 1 heterocycles. The van der Waals surface area contributed by atoms with E-state index in [1.807, 2.05) is 24.4 Å². The van der Waals surface area contributed by atoms with Gasteiger partial charge in [0.15, 0.2) is 0 Å². The number of rotatable bonds is 7. The van der Waals surface area contributed by atoms with Gasteiger partial charge in [0.25, 0.3) is 0 Å². The molecular formula is C16H20N2OS. The standard InChI is InChI=1S/C16H20N2OS/c1-3-8-17-10-13-9-15(12-18-11-13)19-14-4-6-16(20-2)7-5-14/h4-7,9,11-12,17H,3,8,10H2,1-2H3. The lowest BCUT2D eigenvalue weighted by Crippen LogP contribution is -2.13. The monoisotopic (exact) mass is 288 g/mol. The Morgan fingerprint density at radius 3 is 2.65 bits per heavy atom. The average Bonchev–Trinajstić information content (AvgIpc) is 2.49. The predicted octanol–water partition coefficient (Wildman–Crippen LogP) is 4.10. The lowest BCUT2D eigenvalue weighted by molar-refractivity contribution is 0.478. The van der Waals surface area contributed by atoms with Gasteiger partial charge in [-0.2, -0.15) is 0 Å². The van der Waals surface area contributed by atoms with Gasteiger partial charge in [-0.3, -0.25) is 4.98 Å². The van der Waals surface area contributed by atoms with Gasteiger partial charge >= 0.3 is 0 Å². The van der Waals surface area contributed by atoms with E-state index < -0.39 is 0 Å². The number of nitrogens with zero attached hydrogens (tertiary/aromatic N) is 1. The molecule has 0 amide bonds. The van der Waals surface area contributed by atoms with Gasteiger partial charge in [0, 0.05) is 17.6 Å². The van der Waals surface area contributed by atoms with E-state index in [1.54, 1.807) is 18.0 Å². The smallest absolute Gasteiger partial charge is 0.146 e. The quantitative estimate of drug-likeness (QED) is 0.614. The third-order valence-electron chi connectivity index (χ3n) is 2.82. The van der Waals surface area contributed by atoms with Gasteiger partial charge in [0.1, 0.15) is 11.5 Å². The van der Waals surface area contributed by atoms with Crippen LogP contribution < -0.4 is 10.1 Å². The summed E-state index contributed by atoms with van der Waals surface area (Å²) in [5.41, 5.74) is 1.14. The molecule has 0 unspecified atom stereocenters. The number of nitrogens with one attached hydrogen (secondary N) is 1. The van der Waals surface area contributed by atoms with Crippen LogP contribution in [0.4, 0.5) is 0 Å². The molecule has 0 saturated heterocycles. The summed E-state index contributed by atoms with van der Waals surface area (Å²) in [5, 5.41) is 3.36. The molecule has 0 radical (unpaired) electrons. The van der Waals surface area contributed by atoms with E-state index >= 15 is 0 Å². The van der Waals surface area contributed by atoms with E-state index in [0.29, 0.717) is 0 Å². The Morgan fingerprint density at radius 2 is 1.95 bits per heavy atom. The van der Waals surface area contributed by atoms with Crippen LogP contribution in [0, 0.1) is 0 Å². The fraction of sp³-hybridized carbons (Fsp3) is 0.312. The summed E-state index contributed by atoms with van der Waals surface area (Å²) < 4.78 is 5.83. The summed E-state index contributed by atoms with van der Waals surface area (Å²) in [6.07, 6.45) is 6.80. The van der Waals surface area contributed by atoms with E-state index in [4.69, 9.17) is 4.74 Å². The molecule has 0 aliphatic rings. The molecule has 0 saturated carbocycles. The average molecular weight is 288 g/mol. The SMILES string of the molecule is CCCNCc1cncc(Oc2ccc(SC)cc2)c1. The molecule has 2 aromatic rings. The van der Waals surface area contributed by atoms with Crippen molar-refractivity contribution in [3.05, 3.63) is 48.3 Å². The minimum Gasteiger partial charge on any atom is -0.456 e. The Morgan fingerprint density at radius 1 is 1.15 bits per heavy atom.